The number of fused-ring (bicyclic) bond motifs is 1. The van der Waals surface area contributed by atoms with Crippen LogP contribution in [0.1, 0.15) is 36.2 Å². The normalized spacial score (nSPS) is 17.8. The molecule has 2 rings (SSSR count). The van der Waals surface area contributed by atoms with Gasteiger partial charge in [-0.25, -0.2) is 0 Å². The van der Waals surface area contributed by atoms with Gasteiger partial charge in [-0.2, -0.15) is 0 Å². The number of carbonyl (C=O) groups is 2. The molecule has 1 unspecified atom stereocenters. The third-order valence-corrected chi connectivity index (χ3v) is 3.33. The van der Waals surface area contributed by atoms with Gasteiger partial charge in [0.25, 0.3) is 5.91 Å². The van der Waals surface area contributed by atoms with E-state index in [2.05, 4.69) is 24.5 Å². The van der Waals surface area contributed by atoms with Gasteiger partial charge in [-0.3, -0.25) is 9.59 Å². The Bertz CT molecular complexity index is 483. The highest BCUT2D eigenvalue weighted by molar-refractivity contribution is 6.00. The largest absolute Gasteiger partial charge is 0.354 e. The summed E-state index contributed by atoms with van der Waals surface area (Å²) in [7, 11) is 0. The lowest BCUT2D eigenvalue weighted by Gasteiger charge is -2.24. The van der Waals surface area contributed by atoms with Crippen molar-refractivity contribution in [2.75, 3.05) is 6.54 Å². The fourth-order valence-corrected chi connectivity index (χ4v) is 2.19. The van der Waals surface area contributed by atoms with Crippen molar-refractivity contribution < 1.29 is 9.59 Å². The van der Waals surface area contributed by atoms with Crippen LogP contribution < -0.4 is 10.6 Å². The first-order valence-electron chi connectivity index (χ1n) is 6.74. The van der Waals surface area contributed by atoms with Crippen LogP contribution in [0.15, 0.2) is 24.3 Å². The predicted octanol–water partition coefficient (Wildman–Crippen LogP) is 1.50. The number of hydrogen-bond donors (Lipinski definition) is 2. The lowest BCUT2D eigenvalue weighted by molar-refractivity contribution is -0.123. The first-order valence-corrected chi connectivity index (χ1v) is 6.74. The Balaban J connectivity index is 1.97. The summed E-state index contributed by atoms with van der Waals surface area (Å²) in [5.41, 5.74) is 1.61. The van der Waals surface area contributed by atoms with Crippen molar-refractivity contribution in [3.8, 4) is 0 Å². The average molecular weight is 260 g/mol. The molecule has 0 aliphatic carbocycles. The van der Waals surface area contributed by atoms with Gasteiger partial charge in [0.15, 0.2) is 0 Å². The summed E-state index contributed by atoms with van der Waals surface area (Å²) in [4.78, 5) is 23.9. The molecular weight excluding hydrogens is 240 g/mol. The van der Waals surface area contributed by atoms with Gasteiger partial charge in [0, 0.05) is 18.5 Å². The quantitative estimate of drug-likeness (QED) is 0.862. The first-order chi connectivity index (χ1) is 9.08. The molecule has 0 radical (unpaired) electrons. The highest BCUT2D eigenvalue weighted by atomic mass is 16.2. The van der Waals surface area contributed by atoms with Gasteiger partial charge in [0.2, 0.25) is 5.91 Å². The van der Waals surface area contributed by atoms with Crippen molar-refractivity contribution in [2.45, 2.75) is 32.7 Å². The summed E-state index contributed by atoms with van der Waals surface area (Å²) in [6.07, 6.45) is 1.51. The number of nitrogens with one attached hydrogen (secondary N) is 2. The van der Waals surface area contributed by atoms with E-state index in [-0.39, 0.29) is 11.8 Å². The van der Waals surface area contributed by atoms with Crippen LogP contribution in [0.4, 0.5) is 0 Å². The Morgan fingerprint density at radius 1 is 1.42 bits per heavy atom. The fourth-order valence-electron chi connectivity index (χ4n) is 2.19. The maximum Gasteiger partial charge on any atom is 0.252 e. The molecule has 102 valence electrons. The molecule has 1 aromatic rings. The summed E-state index contributed by atoms with van der Waals surface area (Å²) in [6, 6.07) is 6.97. The maximum atomic E-state index is 12.0. The highest BCUT2D eigenvalue weighted by Crippen LogP contribution is 2.16. The number of rotatable bonds is 4. The van der Waals surface area contributed by atoms with E-state index in [1.165, 1.54) is 0 Å². The van der Waals surface area contributed by atoms with Crippen LogP contribution in [0.3, 0.4) is 0 Å². The summed E-state index contributed by atoms with van der Waals surface area (Å²) >= 11 is 0. The molecular formula is C15H20N2O2. The molecule has 0 bridgehead atoms. The van der Waals surface area contributed by atoms with Gasteiger partial charge in [-0.1, -0.05) is 32.0 Å². The minimum absolute atomic E-state index is 0.0940. The first kappa shape index (κ1) is 13.6. The molecule has 4 nitrogen and oxygen atoms in total. The van der Waals surface area contributed by atoms with Gasteiger partial charge < -0.3 is 10.6 Å². The number of carbonyl (C=O) groups excluding carboxylic acids is 2. The minimum atomic E-state index is -0.449. The van der Waals surface area contributed by atoms with E-state index in [1.807, 2.05) is 18.2 Å². The number of benzene rings is 1. The average Bonchev–Trinajstić information content (AvgIpc) is 2.38. The van der Waals surface area contributed by atoms with Crippen LogP contribution in [0.2, 0.25) is 0 Å². The third-order valence-electron chi connectivity index (χ3n) is 3.33. The molecule has 0 saturated heterocycles. The van der Waals surface area contributed by atoms with Crippen molar-refractivity contribution >= 4 is 11.8 Å². The Kier molecular flexibility index (Phi) is 4.20. The molecule has 19 heavy (non-hydrogen) atoms. The van der Waals surface area contributed by atoms with Crippen molar-refractivity contribution in [3.63, 3.8) is 0 Å². The molecule has 2 amide bonds. The zero-order valence-electron chi connectivity index (χ0n) is 11.4. The Morgan fingerprint density at radius 2 is 2.16 bits per heavy atom. The van der Waals surface area contributed by atoms with Crippen molar-refractivity contribution in [1.82, 2.24) is 10.6 Å². The van der Waals surface area contributed by atoms with Crippen molar-refractivity contribution in [2.24, 2.45) is 5.92 Å². The van der Waals surface area contributed by atoms with Crippen molar-refractivity contribution in [3.05, 3.63) is 35.4 Å². The van der Waals surface area contributed by atoms with Crippen LogP contribution in [0, 0.1) is 5.92 Å². The van der Waals surface area contributed by atoms with Gasteiger partial charge >= 0.3 is 0 Å². The molecule has 1 aliphatic heterocycles. The second-order valence-corrected chi connectivity index (χ2v) is 5.36. The SMILES string of the molecule is CC(C)CCNC(=O)C1Cc2ccccc2C(=O)N1. The lowest BCUT2D eigenvalue weighted by Crippen LogP contribution is -2.51. The summed E-state index contributed by atoms with van der Waals surface area (Å²) in [5.74, 6) is 0.302. The van der Waals surface area contributed by atoms with Crippen LogP contribution in [0.25, 0.3) is 0 Å². The Hall–Kier alpha value is -1.84. The molecule has 0 fully saturated rings. The summed E-state index contributed by atoms with van der Waals surface area (Å²) in [5, 5.41) is 5.64. The molecule has 4 heteroatoms. The third kappa shape index (κ3) is 3.34. The Morgan fingerprint density at radius 3 is 2.89 bits per heavy atom. The van der Waals surface area contributed by atoms with E-state index in [0.29, 0.717) is 24.4 Å². The highest BCUT2D eigenvalue weighted by Gasteiger charge is 2.28. The zero-order valence-corrected chi connectivity index (χ0v) is 11.4. The van der Waals surface area contributed by atoms with E-state index in [4.69, 9.17) is 0 Å². The van der Waals surface area contributed by atoms with Gasteiger partial charge in [-0.05, 0) is 24.0 Å². The zero-order chi connectivity index (χ0) is 13.8. The second-order valence-electron chi connectivity index (χ2n) is 5.36. The molecule has 0 saturated carbocycles. The predicted molar refractivity (Wildman–Crippen MR) is 73.9 cm³/mol. The van der Waals surface area contributed by atoms with Crippen LogP contribution in [-0.2, 0) is 11.2 Å². The maximum absolute atomic E-state index is 12.0. The summed E-state index contributed by atoms with van der Waals surface area (Å²) < 4.78 is 0. The standard InChI is InChI=1S/C15H20N2O2/c1-10(2)7-8-16-15(19)13-9-11-5-3-4-6-12(11)14(18)17-13/h3-6,10,13H,7-9H2,1-2H3,(H,16,19)(H,17,18). The minimum Gasteiger partial charge on any atom is -0.354 e. The second kappa shape index (κ2) is 5.87. The molecule has 0 aromatic heterocycles. The van der Waals surface area contributed by atoms with Crippen LogP contribution in [0.5, 0.6) is 0 Å². The van der Waals surface area contributed by atoms with E-state index in [9.17, 15) is 9.59 Å². The molecule has 0 spiro atoms. The smallest absolute Gasteiger partial charge is 0.252 e. The van der Waals surface area contributed by atoms with E-state index < -0.39 is 6.04 Å². The van der Waals surface area contributed by atoms with Gasteiger partial charge in [-0.15, -0.1) is 0 Å². The fraction of sp³-hybridized carbons (Fsp3) is 0.467. The monoisotopic (exact) mass is 260 g/mol. The van der Waals surface area contributed by atoms with Crippen LogP contribution in [-0.4, -0.2) is 24.4 Å². The summed E-state index contributed by atoms with van der Waals surface area (Å²) in [6.45, 7) is 4.89. The topological polar surface area (TPSA) is 58.2 Å². The molecule has 1 heterocycles. The Labute approximate surface area is 113 Å². The van der Waals surface area contributed by atoms with E-state index >= 15 is 0 Å². The lowest BCUT2D eigenvalue weighted by atomic mass is 9.95. The van der Waals surface area contributed by atoms with E-state index in [0.717, 1.165) is 12.0 Å². The molecule has 1 aromatic carbocycles. The van der Waals surface area contributed by atoms with Gasteiger partial charge in [0.1, 0.15) is 6.04 Å². The van der Waals surface area contributed by atoms with Gasteiger partial charge in [0.05, 0.1) is 0 Å². The van der Waals surface area contributed by atoms with E-state index in [1.54, 1.807) is 6.07 Å². The van der Waals surface area contributed by atoms with Crippen molar-refractivity contribution in [1.29, 1.82) is 0 Å². The molecule has 1 aliphatic rings. The molecule has 1 atom stereocenters. The van der Waals surface area contributed by atoms with Crippen LogP contribution >= 0.6 is 0 Å². The molecule has 2 N–H and O–H groups in total. The number of amides is 2. The number of hydrogen-bond acceptors (Lipinski definition) is 2.